The van der Waals surface area contributed by atoms with Crippen molar-refractivity contribution in [2.24, 2.45) is 9.98 Å². The molecule has 0 aromatic rings. The fourth-order valence-electron chi connectivity index (χ4n) is 3.35. The third-order valence-corrected chi connectivity index (χ3v) is 5.47. The van der Waals surface area contributed by atoms with E-state index in [2.05, 4.69) is 51.3 Å². The molecule has 0 aliphatic carbocycles. The molecule has 0 saturated heterocycles. The lowest BCUT2D eigenvalue weighted by Crippen LogP contribution is -2.47. The van der Waals surface area contributed by atoms with Crippen LogP contribution in [-0.4, -0.2) is 60.7 Å². The highest BCUT2D eigenvalue weighted by molar-refractivity contribution is 6.40. The first-order valence-electron chi connectivity index (χ1n) is 13.3. The van der Waals surface area contributed by atoms with Crippen molar-refractivity contribution in [3.63, 3.8) is 0 Å². The van der Waals surface area contributed by atoms with Crippen LogP contribution < -0.4 is 0 Å². The average molecular weight is 423 g/mol. The van der Waals surface area contributed by atoms with Gasteiger partial charge in [0.1, 0.15) is 0 Å². The first-order chi connectivity index (χ1) is 14.7. The van der Waals surface area contributed by atoms with Crippen molar-refractivity contribution in [3.8, 4) is 0 Å². The summed E-state index contributed by atoms with van der Waals surface area (Å²) in [5.41, 5.74) is 0. The summed E-state index contributed by atoms with van der Waals surface area (Å²) in [7, 11) is 0. The van der Waals surface area contributed by atoms with Crippen LogP contribution in [0.4, 0.5) is 0 Å². The van der Waals surface area contributed by atoms with Crippen LogP contribution in [0.2, 0.25) is 0 Å². The molecule has 0 fully saturated rings. The minimum absolute atomic E-state index is 0.919. The van der Waals surface area contributed by atoms with Gasteiger partial charge in [-0.1, -0.05) is 80.1 Å². The SMILES string of the molecule is CCCCN=C(C(=NCCCC)N(CCCC)CCCC)N(CCCC)CCCC. The van der Waals surface area contributed by atoms with Crippen molar-refractivity contribution < 1.29 is 0 Å². The molecular weight excluding hydrogens is 368 g/mol. The molecule has 0 aromatic carbocycles. The van der Waals surface area contributed by atoms with E-state index < -0.39 is 0 Å². The Balaban J connectivity index is 6.02. The van der Waals surface area contributed by atoms with E-state index in [4.69, 9.17) is 9.98 Å². The second-order valence-electron chi connectivity index (χ2n) is 8.51. The van der Waals surface area contributed by atoms with E-state index >= 15 is 0 Å². The van der Waals surface area contributed by atoms with Gasteiger partial charge in [0.25, 0.3) is 0 Å². The largest absolute Gasteiger partial charge is 0.354 e. The van der Waals surface area contributed by atoms with Crippen LogP contribution in [-0.2, 0) is 0 Å². The Morgan fingerprint density at radius 3 is 0.933 bits per heavy atom. The number of nitrogens with zero attached hydrogens (tertiary/aromatic N) is 4. The van der Waals surface area contributed by atoms with Crippen molar-refractivity contribution in [1.29, 1.82) is 0 Å². The minimum Gasteiger partial charge on any atom is -0.354 e. The van der Waals surface area contributed by atoms with E-state index in [-0.39, 0.29) is 0 Å². The third kappa shape index (κ3) is 13.3. The van der Waals surface area contributed by atoms with Crippen LogP contribution in [0, 0.1) is 0 Å². The molecule has 0 heterocycles. The zero-order chi connectivity index (χ0) is 22.5. The number of aliphatic imine (C=N–C) groups is 2. The van der Waals surface area contributed by atoms with Gasteiger partial charge in [-0.25, -0.2) is 0 Å². The summed E-state index contributed by atoms with van der Waals surface area (Å²) in [5, 5.41) is 0. The lowest BCUT2D eigenvalue weighted by atomic mass is 10.2. The maximum absolute atomic E-state index is 5.21. The lowest BCUT2D eigenvalue weighted by Gasteiger charge is -2.33. The maximum atomic E-state index is 5.21. The zero-order valence-corrected chi connectivity index (χ0v) is 21.5. The first kappa shape index (κ1) is 28.9. The maximum Gasteiger partial charge on any atom is 0.166 e. The monoisotopic (exact) mass is 422 g/mol. The molecule has 0 N–H and O–H groups in total. The second kappa shape index (κ2) is 21.2. The fraction of sp³-hybridized carbons (Fsp3) is 0.923. The van der Waals surface area contributed by atoms with Crippen LogP contribution >= 0.6 is 0 Å². The van der Waals surface area contributed by atoms with Crippen LogP contribution in [0.5, 0.6) is 0 Å². The van der Waals surface area contributed by atoms with Crippen molar-refractivity contribution in [1.82, 2.24) is 9.80 Å². The molecule has 0 bridgehead atoms. The topological polar surface area (TPSA) is 31.2 Å². The lowest BCUT2D eigenvalue weighted by molar-refractivity contribution is 0.376. The smallest absolute Gasteiger partial charge is 0.166 e. The summed E-state index contributed by atoms with van der Waals surface area (Å²) in [6.07, 6.45) is 14.5. The molecule has 0 aliphatic heterocycles. The van der Waals surface area contributed by atoms with Gasteiger partial charge in [0.05, 0.1) is 0 Å². The number of rotatable bonds is 18. The molecule has 178 valence electrons. The molecule has 0 unspecified atom stereocenters. The summed E-state index contributed by atoms with van der Waals surface area (Å²) in [6, 6.07) is 0. The summed E-state index contributed by atoms with van der Waals surface area (Å²) < 4.78 is 0. The van der Waals surface area contributed by atoms with Gasteiger partial charge in [-0.2, -0.15) is 0 Å². The molecule has 0 rings (SSSR count). The zero-order valence-electron chi connectivity index (χ0n) is 21.5. The Labute approximate surface area is 189 Å². The molecule has 0 aromatic heterocycles. The molecule has 0 amide bonds. The highest BCUT2D eigenvalue weighted by Gasteiger charge is 2.22. The Morgan fingerprint density at radius 1 is 0.433 bits per heavy atom. The highest BCUT2D eigenvalue weighted by Crippen LogP contribution is 2.10. The van der Waals surface area contributed by atoms with Gasteiger partial charge in [0.15, 0.2) is 11.7 Å². The van der Waals surface area contributed by atoms with Gasteiger partial charge in [-0.15, -0.1) is 0 Å². The highest BCUT2D eigenvalue weighted by atomic mass is 15.3. The normalized spacial score (nSPS) is 12.5. The van der Waals surface area contributed by atoms with Crippen LogP contribution in [0.3, 0.4) is 0 Å². The Kier molecular flexibility index (Phi) is 20.4. The van der Waals surface area contributed by atoms with Gasteiger partial charge < -0.3 is 9.80 Å². The van der Waals surface area contributed by atoms with E-state index in [1.807, 2.05) is 0 Å². The Hall–Kier alpha value is -1.06. The second-order valence-corrected chi connectivity index (χ2v) is 8.51. The number of unbranched alkanes of at least 4 members (excludes halogenated alkanes) is 6. The number of hydrogen-bond donors (Lipinski definition) is 0. The number of hydrogen-bond acceptors (Lipinski definition) is 2. The molecule has 30 heavy (non-hydrogen) atoms. The van der Waals surface area contributed by atoms with Gasteiger partial charge in [0.2, 0.25) is 0 Å². The molecule has 0 aliphatic rings. The average Bonchev–Trinajstić information content (AvgIpc) is 2.76. The Morgan fingerprint density at radius 2 is 0.700 bits per heavy atom. The molecular formula is C26H54N4. The molecule has 0 radical (unpaired) electrons. The molecule has 0 saturated carbocycles. The predicted molar refractivity (Wildman–Crippen MR) is 137 cm³/mol. The van der Waals surface area contributed by atoms with Gasteiger partial charge >= 0.3 is 0 Å². The van der Waals surface area contributed by atoms with E-state index in [1.54, 1.807) is 0 Å². The first-order valence-corrected chi connectivity index (χ1v) is 13.3. The fourth-order valence-corrected chi connectivity index (χ4v) is 3.35. The van der Waals surface area contributed by atoms with Crippen molar-refractivity contribution in [2.45, 2.75) is 119 Å². The summed E-state index contributed by atoms with van der Waals surface area (Å²) in [4.78, 5) is 15.5. The third-order valence-electron chi connectivity index (χ3n) is 5.47. The van der Waals surface area contributed by atoms with Gasteiger partial charge in [-0.05, 0) is 38.5 Å². The van der Waals surface area contributed by atoms with Crippen LogP contribution in [0.15, 0.2) is 9.98 Å². The van der Waals surface area contributed by atoms with Gasteiger partial charge in [-0.3, -0.25) is 9.98 Å². The minimum atomic E-state index is 0.919. The van der Waals surface area contributed by atoms with Gasteiger partial charge in [0, 0.05) is 39.3 Å². The van der Waals surface area contributed by atoms with Crippen molar-refractivity contribution in [3.05, 3.63) is 0 Å². The van der Waals surface area contributed by atoms with E-state index in [0.29, 0.717) is 0 Å². The predicted octanol–water partition coefficient (Wildman–Crippen LogP) is 7.19. The quantitative estimate of drug-likeness (QED) is 0.133. The van der Waals surface area contributed by atoms with Crippen molar-refractivity contribution >= 4 is 11.7 Å². The van der Waals surface area contributed by atoms with E-state index in [1.165, 1.54) is 75.9 Å². The standard InChI is InChI=1S/C26H54N4/c1-7-13-19-27-25(29(21-15-9-3)22-16-10-4)26(28-20-14-8-2)30(23-17-11-5)24-18-12-6/h7-24H2,1-6H3. The molecule has 4 nitrogen and oxygen atoms in total. The van der Waals surface area contributed by atoms with Crippen molar-refractivity contribution in [2.75, 3.05) is 39.3 Å². The van der Waals surface area contributed by atoms with E-state index in [9.17, 15) is 0 Å². The van der Waals surface area contributed by atoms with Crippen LogP contribution in [0.1, 0.15) is 119 Å². The van der Waals surface area contributed by atoms with Crippen LogP contribution in [0.25, 0.3) is 0 Å². The molecule has 0 atom stereocenters. The summed E-state index contributed by atoms with van der Waals surface area (Å²) in [5.74, 6) is 2.38. The Bertz CT molecular complexity index is 375. The number of amidine groups is 2. The summed E-state index contributed by atoms with van der Waals surface area (Å²) >= 11 is 0. The summed E-state index contributed by atoms with van der Waals surface area (Å²) in [6.45, 7) is 19.9. The van der Waals surface area contributed by atoms with E-state index in [0.717, 1.165) is 52.1 Å². The molecule has 0 spiro atoms. The molecule has 4 heteroatoms.